The summed E-state index contributed by atoms with van der Waals surface area (Å²) in [6.07, 6.45) is 1.79. The van der Waals surface area contributed by atoms with Crippen LogP contribution in [0.5, 0.6) is 0 Å². The van der Waals surface area contributed by atoms with E-state index in [1.54, 1.807) is 17.1 Å². The van der Waals surface area contributed by atoms with Gasteiger partial charge >= 0.3 is 0 Å². The summed E-state index contributed by atoms with van der Waals surface area (Å²) in [4.78, 5) is 25.4. The molecule has 0 aliphatic heterocycles. The van der Waals surface area contributed by atoms with E-state index >= 15 is 0 Å². The first-order valence-electron chi connectivity index (χ1n) is 9.57. The lowest BCUT2D eigenvalue weighted by Crippen LogP contribution is -2.22. The number of nitrogens with zero attached hydrogens (tertiary/aromatic N) is 4. The zero-order chi connectivity index (χ0) is 21.1. The van der Waals surface area contributed by atoms with E-state index in [-0.39, 0.29) is 11.8 Å². The lowest BCUT2D eigenvalue weighted by molar-refractivity contribution is 0.0946. The van der Waals surface area contributed by atoms with Crippen LogP contribution in [0.4, 0.5) is 0 Å². The van der Waals surface area contributed by atoms with Gasteiger partial charge in [0.25, 0.3) is 5.91 Å². The molecule has 3 aromatic heterocycles. The maximum Gasteiger partial charge on any atom is 0.271 e. The number of hydrogen-bond donors (Lipinski definition) is 1. The summed E-state index contributed by atoms with van der Waals surface area (Å²) < 4.78 is 5.45. The SMILES string of the molecule is Cc1cc(-c2cnc(C(C)C)nc2-c2ccc(CNC(=O)c3cscn3)cc2)on1. The summed E-state index contributed by atoms with van der Waals surface area (Å²) in [5, 5.41) is 8.60. The number of hydrogen-bond acceptors (Lipinski definition) is 7. The molecule has 0 fully saturated rings. The van der Waals surface area contributed by atoms with E-state index in [1.807, 2.05) is 37.3 Å². The fourth-order valence-electron chi connectivity index (χ4n) is 2.94. The highest BCUT2D eigenvalue weighted by Crippen LogP contribution is 2.31. The van der Waals surface area contributed by atoms with E-state index in [2.05, 4.69) is 34.3 Å². The topological polar surface area (TPSA) is 93.8 Å². The average molecular weight is 420 g/mol. The van der Waals surface area contributed by atoms with Gasteiger partial charge < -0.3 is 9.84 Å². The number of carbonyl (C=O) groups is 1. The standard InChI is InChI=1S/C22H21N5O2S/c1-13(2)21-23-10-17(19-8-14(3)27-29-19)20(26-21)16-6-4-15(5-7-16)9-24-22(28)18-11-30-12-25-18/h4-8,10-13H,9H2,1-3H3,(H,24,28). The van der Waals surface area contributed by atoms with E-state index in [0.717, 1.165) is 33.9 Å². The molecule has 0 aliphatic rings. The highest BCUT2D eigenvalue weighted by Gasteiger charge is 2.16. The number of aromatic nitrogens is 4. The molecule has 0 atom stereocenters. The van der Waals surface area contributed by atoms with E-state index in [9.17, 15) is 4.79 Å². The number of aryl methyl sites for hydroxylation is 1. The van der Waals surface area contributed by atoms with Crippen molar-refractivity contribution in [3.63, 3.8) is 0 Å². The van der Waals surface area contributed by atoms with Gasteiger partial charge in [-0.3, -0.25) is 4.79 Å². The van der Waals surface area contributed by atoms with Crippen molar-refractivity contribution in [1.29, 1.82) is 0 Å². The number of thiazole rings is 1. The van der Waals surface area contributed by atoms with E-state index in [1.165, 1.54) is 11.3 Å². The number of nitrogens with one attached hydrogen (secondary N) is 1. The number of rotatable bonds is 6. The van der Waals surface area contributed by atoms with Gasteiger partial charge in [0.1, 0.15) is 11.5 Å². The van der Waals surface area contributed by atoms with Gasteiger partial charge in [0.05, 0.1) is 22.5 Å². The lowest BCUT2D eigenvalue weighted by Gasteiger charge is -2.11. The Morgan fingerprint density at radius 3 is 2.63 bits per heavy atom. The molecule has 1 aromatic carbocycles. The Bertz CT molecular complexity index is 1150. The molecule has 0 spiro atoms. The normalized spacial score (nSPS) is 11.1. The summed E-state index contributed by atoms with van der Waals surface area (Å²) in [6.45, 7) is 6.42. The molecule has 0 saturated heterocycles. The molecule has 8 heteroatoms. The first-order valence-corrected chi connectivity index (χ1v) is 10.5. The molecule has 7 nitrogen and oxygen atoms in total. The van der Waals surface area contributed by atoms with Gasteiger partial charge in [0.2, 0.25) is 0 Å². The summed E-state index contributed by atoms with van der Waals surface area (Å²) in [5.41, 5.74) is 6.40. The molecule has 30 heavy (non-hydrogen) atoms. The molecule has 3 heterocycles. The summed E-state index contributed by atoms with van der Waals surface area (Å²) in [5.74, 6) is 1.43. The van der Waals surface area contributed by atoms with Crippen LogP contribution in [-0.2, 0) is 6.54 Å². The van der Waals surface area contributed by atoms with E-state index < -0.39 is 0 Å². The number of amides is 1. The molecule has 0 radical (unpaired) electrons. The van der Waals surface area contributed by atoms with Crippen molar-refractivity contribution in [2.45, 2.75) is 33.2 Å². The third-order valence-electron chi connectivity index (χ3n) is 4.56. The van der Waals surface area contributed by atoms with Crippen LogP contribution in [0.25, 0.3) is 22.6 Å². The van der Waals surface area contributed by atoms with Crippen LogP contribution in [-0.4, -0.2) is 26.0 Å². The molecule has 4 rings (SSSR count). The minimum Gasteiger partial charge on any atom is -0.356 e. The van der Waals surface area contributed by atoms with Crippen molar-refractivity contribution in [3.8, 4) is 22.6 Å². The van der Waals surface area contributed by atoms with Crippen LogP contribution < -0.4 is 5.32 Å². The Hall–Kier alpha value is -3.39. The largest absolute Gasteiger partial charge is 0.356 e. The van der Waals surface area contributed by atoms with Crippen molar-refractivity contribution in [3.05, 3.63) is 70.2 Å². The maximum absolute atomic E-state index is 12.1. The Morgan fingerprint density at radius 1 is 1.20 bits per heavy atom. The molecule has 0 unspecified atom stereocenters. The van der Waals surface area contributed by atoms with Crippen LogP contribution in [0.1, 0.15) is 47.3 Å². The maximum atomic E-state index is 12.1. The fourth-order valence-corrected chi connectivity index (χ4v) is 3.47. The van der Waals surface area contributed by atoms with Crippen LogP contribution in [0.15, 0.2) is 51.9 Å². The van der Waals surface area contributed by atoms with Gasteiger partial charge in [0.15, 0.2) is 5.76 Å². The van der Waals surface area contributed by atoms with Crippen molar-refractivity contribution in [1.82, 2.24) is 25.4 Å². The smallest absolute Gasteiger partial charge is 0.271 e. The van der Waals surface area contributed by atoms with E-state index in [4.69, 9.17) is 9.51 Å². The quantitative estimate of drug-likeness (QED) is 0.490. The van der Waals surface area contributed by atoms with E-state index in [0.29, 0.717) is 18.0 Å². The van der Waals surface area contributed by atoms with Gasteiger partial charge in [-0.2, -0.15) is 0 Å². The first-order chi connectivity index (χ1) is 14.5. The average Bonchev–Trinajstić information content (AvgIpc) is 3.44. The summed E-state index contributed by atoms with van der Waals surface area (Å²) >= 11 is 1.40. The van der Waals surface area contributed by atoms with Gasteiger partial charge in [-0.05, 0) is 12.5 Å². The van der Waals surface area contributed by atoms with Crippen LogP contribution in [0, 0.1) is 6.92 Å². The Labute approximate surface area is 178 Å². The molecule has 0 saturated carbocycles. The number of benzene rings is 1. The van der Waals surface area contributed by atoms with Crippen molar-refractivity contribution in [2.75, 3.05) is 0 Å². The second kappa shape index (κ2) is 8.54. The van der Waals surface area contributed by atoms with Gasteiger partial charge in [-0.15, -0.1) is 11.3 Å². The predicted molar refractivity (Wildman–Crippen MR) is 115 cm³/mol. The third kappa shape index (κ3) is 4.28. The van der Waals surface area contributed by atoms with Crippen molar-refractivity contribution >= 4 is 17.2 Å². The zero-order valence-electron chi connectivity index (χ0n) is 16.9. The van der Waals surface area contributed by atoms with Crippen molar-refractivity contribution in [2.24, 2.45) is 0 Å². The third-order valence-corrected chi connectivity index (χ3v) is 5.15. The molecule has 0 aliphatic carbocycles. The van der Waals surface area contributed by atoms with Gasteiger partial charge in [-0.1, -0.05) is 43.3 Å². The van der Waals surface area contributed by atoms with Crippen LogP contribution >= 0.6 is 11.3 Å². The minimum atomic E-state index is -0.180. The molecule has 0 bridgehead atoms. The highest BCUT2D eigenvalue weighted by molar-refractivity contribution is 7.07. The van der Waals surface area contributed by atoms with Gasteiger partial charge in [0, 0.05) is 35.7 Å². The fraction of sp³-hybridized carbons (Fsp3) is 0.227. The Kier molecular flexibility index (Phi) is 5.67. The minimum absolute atomic E-state index is 0.180. The number of carbonyl (C=O) groups excluding carboxylic acids is 1. The molecule has 4 aromatic rings. The first kappa shape index (κ1) is 19.9. The highest BCUT2D eigenvalue weighted by atomic mass is 32.1. The summed E-state index contributed by atoms with van der Waals surface area (Å²) in [7, 11) is 0. The second-order valence-corrected chi connectivity index (χ2v) is 7.95. The predicted octanol–water partition coefficient (Wildman–Crippen LogP) is 4.62. The van der Waals surface area contributed by atoms with Crippen LogP contribution in [0.2, 0.25) is 0 Å². The molecule has 1 amide bonds. The molecular formula is C22H21N5O2S. The van der Waals surface area contributed by atoms with Gasteiger partial charge in [-0.25, -0.2) is 15.0 Å². The summed E-state index contributed by atoms with van der Waals surface area (Å²) in [6, 6.07) is 9.80. The van der Waals surface area contributed by atoms with Crippen molar-refractivity contribution < 1.29 is 9.32 Å². The lowest BCUT2D eigenvalue weighted by atomic mass is 10.0. The Morgan fingerprint density at radius 2 is 2.00 bits per heavy atom. The van der Waals surface area contributed by atoms with Crippen LogP contribution in [0.3, 0.4) is 0 Å². The molecule has 1 N–H and O–H groups in total. The monoisotopic (exact) mass is 419 g/mol. The molecule has 152 valence electrons. The Balaban J connectivity index is 1.59. The second-order valence-electron chi connectivity index (χ2n) is 7.23. The zero-order valence-corrected chi connectivity index (χ0v) is 17.7. The molecular weight excluding hydrogens is 398 g/mol.